The molecule has 1 aliphatic heterocycles. The first-order valence-corrected chi connectivity index (χ1v) is 9.57. The highest BCUT2D eigenvalue weighted by Crippen LogP contribution is 2.26. The third-order valence-corrected chi connectivity index (χ3v) is 5.37. The number of piperazine rings is 1. The van der Waals surface area contributed by atoms with Crippen molar-refractivity contribution in [3.8, 4) is 11.1 Å². The summed E-state index contributed by atoms with van der Waals surface area (Å²) in [5.41, 5.74) is 4.25. The van der Waals surface area contributed by atoms with Crippen molar-refractivity contribution in [1.29, 1.82) is 0 Å². The standard InChI is InChI=1S/C24H23FN2O/c1-18-24(28)27(16-15-26(18)17-19-7-11-22(25)12-8-19)23-13-9-21(10-14-23)20-5-3-2-4-6-20/h2-14,18H,15-17H2,1H3/t18-/m1/s1. The molecule has 0 radical (unpaired) electrons. The smallest absolute Gasteiger partial charge is 0.244 e. The van der Waals surface area contributed by atoms with Gasteiger partial charge in [0.05, 0.1) is 6.04 Å². The molecule has 0 spiro atoms. The van der Waals surface area contributed by atoms with Crippen molar-refractivity contribution < 1.29 is 9.18 Å². The van der Waals surface area contributed by atoms with Crippen LogP contribution in [0.3, 0.4) is 0 Å². The maximum absolute atomic E-state index is 13.1. The van der Waals surface area contributed by atoms with Gasteiger partial charge in [0.25, 0.3) is 0 Å². The summed E-state index contributed by atoms with van der Waals surface area (Å²) in [5.74, 6) is -0.141. The van der Waals surface area contributed by atoms with Gasteiger partial charge in [0.2, 0.25) is 5.91 Å². The van der Waals surface area contributed by atoms with Crippen LogP contribution < -0.4 is 4.90 Å². The van der Waals surface area contributed by atoms with Crippen LogP contribution >= 0.6 is 0 Å². The minimum absolute atomic E-state index is 0.0980. The van der Waals surface area contributed by atoms with E-state index in [1.54, 1.807) is 12.1 Å². The number of carbonyl (C=O) groups is 1. The van der Waals surface area contributed by atoms with Crippen LogP contribution in [0.1, 0.15) is 12.5 Å². The Morgan fingerprint density at radius 1 is 0.857 bits per heavy atom. The highest BCUT2D eigenvalue weighted by atomic mass is 19.1. The lowest BCUT2D eigenvalue weighted by Crippen LogP contribution is -2.55. The van der Waals surface area contributed by atoms with Crippen LogP contribution in [-0.4, -0.2) is 29.9 Å². The summed E-state index contributed by atoms with van der Waals surface area (Å²) in [7, 11) is 0. The molecule has 28 heavy (non-hydrogen) atoms. The molecule has 0 bridgehead atoms. The van der Waals surface area contributed by atoms with Gasteiger partial charge in [0.1, 0.15) is 5.82 Å². The van der Waals surface area contributed by atoms with Gasteiger partial charge in [-0.15, -0.1) is 0 Å². The molecule has 1 aliphatic rings. The zero-order valence-electron chi connectivity index (χ0n) is 15.9. The lowest BCUT2D eigenvalue weighted by atomic mass is 10.0. The van der Waals surface area contributed by atoms with Gasteiger partial charge in [-0.2, -0.15) is 0 Å². The summed E-state index contributed by atoms with van der Waals surface area (Å²) in [6.45, 7) is 4.02. The number of nitrogens with zero attached hydrogens (tertiary/aromatic N) is 2. The van der Waals surface area contributed by atoms with Gasteiger partial charge in [0.15, 0.2) is 0 Å². The van der Waals surface area contributed by atoms with E-state index in [1.807, 2.05) is 42.2 Å². The Hall–Kier alpha value is -2.98. The number of hydrogen-bond acceptors (Lipinski definition) is 2. The minimum atomic E-state index is -0.239. The van der Waals surface area contributed by atoms with E-state index in [1.165, 1.54) is 12.1 Å². The SMILES string of the molecule is C[C@@H]1C(=O)N(c2ccc(-c3ccccc3)cc2)CCN1Cc1ccc(F)cc1. The van der Waals surface area contributed by atoms with Gasteiger partial charge in [-0.3, -0.25) is 9.69 Å². The second-order valence-corrected chi connectivity index (χ2v) is 7.18. The molecule has 1 amide bonds. The van der Waals surface area contributed by atoms with Crippen molar-refractivity contribution in [2.75, 3.05) is 18.0 Å². The van der Waals surface area contributed by atoms with Crippen LogP contribution in [0.25, 0.3) is 11.1 Å². The van der Waals surface area contributed by atoms with E-state index in [0.717, 1.165) is 28.9 Å². The molecule has 3 aromatic rings. The summed E-state index contributed by atoms with van der Waals surface area (Å²) in [5, 5.41) is 0. The van der Waals surface area contributed by atoms with Crippen LogP contribution in [0.5, 0.6) is 0 Å². The Balaban J connectivity index is 1.46. The predicted molar refractivity (Wildman–Crippen MR) is 111 cm³/mol. The van der Waals surface area contributed by atoms with Gasteiger partial charge in [-0.25, -0.2) is 4.39 Å². The summed E-state index contributed by atoms with van der Waals surface area (Å²) in [6.07, 6.45) is 0. The molecule has 1 heterocycles. The first-order valence-electron chi connectivity index (χ1n) is 9.57. The fourth-order valence-corrected chi connectivity index (χ4v) is 3.68. The number of carbonyl (C=O) groups excluding carboxylic acids is 1. The number of anilines is 1. The predicted octanol–water partition coefficient (Wildman–Crippen LogP) is 4.73. The highest BCUT2D eigenvalue weighted by molar-refractivity contribution is 5.97. The van der Waals surface area contributed by atoms with Gasteiger partial charge in [-0.1, -0.05) is 54.6 Å². The average molecular weight is 374 g/mol. The number of rotatable bonds is 4. The monoisotopic (exact) mass is 374 g/mol. The van der Waals surface area contributed by atoms with E-state index in [0.29, 0.717) is 13.1 Å². The van der Waals surface area contributed by atoms with Crippen LogP contribution in [0.15, 0.2) is 78.9 Å². The van der Waals surface area contributed by atoms with Gasteiger partial charge in [-0.05, 0) is 47.9 Å². The second-order valence-electron chi connectivity index (χ2n) is 7.18. The molecular formula is C24H23FN2O. The van der Waals surface area contributed by atoms with Gasteiger partial charge < -0.3 is 4.90 Å². The number of benzene rings is 3. The van der Waals surface area contributed by atoms with Gasteiger partial charge in [0, 0.05) is 25.3 Å². The average Bonchev–Trinajstić information content (AvgIpc) is 2.74. The van der Waals surface area contributed by atoms with E-state index in [9.17, 15) is 9.18 Å². The molecular weight excluding hydrogens is 351 g/mol. The summed E-state index contributed by atoms with van der Waals surface area (Å²) >= 11 is 0. The van der Waals surface area contributed by atoms with E-state index < -0.39 is 0 Å². The maximum Gasteiger partial charge on any atom is 0.244 e. The fraction of sp³-hybridized carbons (Fsp3) is 0.208. The summed E-state index contributed by atoms with van der Waals surface area (Å²) in [4.78, 5) is 17.0. The maximum atomic E-state index is 13.1. The van der Waals surface area contributed by atoms with Crippen LogP contribution in [0.2, 0.25) is 0 Å². The van der Waals surface area contributed by atoms with Crippen molar-refractivity contribution >= 4 is 11.6 Å². The van der Waals surface area contributed by atoms with Crippen molar-refractivity contribution in [3.05, 3.63) is 90.2 Å². The quantitative estimate of drug-likeness (QED) is 0.659. The van der Waals surface area contributed by atoms with Crippen molar-refractivity contribution in [2.24, 2.45) is 0 Å². The number of hydrogen-bond donors (Lipinski definition) is 0. The molecule has 4 heteroatoms. The zero-order chi connectivity index (χ0) is 19.5. The highest BCUT2D eigenvalue weighted by Gasteiger charge is 2.32. The summed E-state index contributed by atoms with van der Waals surface area (Å²) in [6, 6.07) is 24.6. The Kier molecular flexibility index (Phi) is 5.22. The summed E-state index contributed by atoms with van der Waals surface area (Å²) < 4.78 is 13.1. The molecule has 0 unspecified atom stereocenters. The molecule has 3 nitrogen and oxygen atoms in total. The fourth-order valence-electron chi connectivity index (χ4n) is 3.68. The molecule has 0 saturated carbocycles. The Morgan fingerprint density at radius 3 is 2.18 bits per heavy atom. The number of amides is 1. The van der Waals surface area contributed by atoms with E-state index in [2.05, 4.69) is 29.2 Å². The molecule has 0 N–H and O–H groups in total. The van der Waals surface area contributed by atoms with E-state index in [-0.39, 0.29) is 17.8 Å². The minimum Gasteiger partial charge on any atom is -0.310 e. The van der Waals surface area contributed by atoms with Crippen LogP contribution in [0.4, 0.5) is 10.1 Å². The molecule has 4 rings (SSSR count). The number of halogens is 1. The Morgan fingerprint density at radius 2 is 1.50 bits per heavy atom. The molecule has 0 aromatic heterocycles. The Bertz CT molecular complexity index is 939. The van der Waals surface area contributed by atoms with Crippen LogP contribution in [-0.2, 0) is 11.3 Å². The largest absolute Gasteiger partial charge is 0.310 e. The molecule has 1 saturated heterocycles. The Labute approximate surface area is 165 Å². The first kappa shape index (κ1) is 18.4. The van der Waals surface area contributed by atoms with E-state index >= 15 is 0 Å². The molecule has 0 aliphatic carbocycles. The van der Waals surface area contributed by atoms with Crippen molar-refractivity contribution in [2.45, 2.75) is 19.5 Å². The van der Waals surface area contributed by atoms with E-state index in [4.69, 9.17) is 0 Å². The molecule has 1 fully saturated rings. The van der Waals surface area contributed by atoms with Gasteiger partial charge >= 0.3 is 0 Å². The molecule has 142 valence electrons. The normalized spacial score (nSPS) is 17.7. The zero-order valence-corrected chi connectivity index (χ0v) is 15.9. The topological polar surface area (TPSA) is 23.6 Å². The lowest BCUT2D eigenvalue weighted by molar-refractivity contribution is -0.125. The van der Waals surface area contributed by atoms with Crippen molar-refractivity contribution in [1.82, 2.24) is 4.90 Å². The third-order valence-electron chi connectivity index (χ3n) is 5.37. The second kappa shape index (κ2) is 7.95. The first-order chi connectivity index (χ1) is 13.6. The van der Waals surface area contributed by atoms with Crippen LogP contribution in [0, 0.1) is 5.82 Å². The molecule has 3 aromatic carbocycles. The third kappa shape index (κ3) is 3.82. The molecule has 1 atom stereocenters. The van der Waals surface area contributed by atoms with Crippen molar-refractivity contribution in [3.63, 3.8) is 0 Å². The lowest BCUT2D eigenvalue weighted by Gasteiger charge is -2.39.